The lowest BCUT2D eigenvalue weighted by atomic mass is 9.87. The summed E-state index contributed by atoms with van der Waals surface area (Å²) in [5, 5.41) is 2.38. The number of fused-ring (bicyclic) bond motifs is 1. The van der Waals surface area contributed by atoms with Crippen molar-refractivity contribution in [3.63, 3.8) is 0 Å². The monoisotopic (exact) mass is 563 g/mol. The smallest absolute Gasteiger partial charge is 0.405 e. The van der Waals surface area contributed by atoms with E-state index in [0.717, 1.165) is 31.6 Å². The Bertz CT molecular complexity index is 1200. The number of rotatable bonds is 7. The standard InChI is InChI=1S/C28H40F3N5O2Si/c1-26(2,3)39(6,7)38-17-21-33-23(32-18-28(29,30)31)22-24(34-21)36(25(37)27(22,4)5)20-13-11-19(12-14-20)35-15-9-8-10-16-35/h11-14H,8-10,15-18H2,1-7H3,(H,32,33,34). The minimum atomic E-state index is -4.45. The number of carbonyl (C=O) groups is 1. The Morgan fingerprint density at radius 1 is 1.00 bits per heavy atom. The Labute approximate surface area is 230 Å². The van der Waals surface area contributed by atoms with Gasteiger partial charge in [-0.15, -0.1) is 0 Å². The molecular weight excluding hydrogens is 523 g/mol. The lowest BCUT2D eigenvalue weighted by Crippen LogP contribution is -2.40. The molecule has 0 aliphatic carbocycles. The number of carbonyl (C=O) groups excluding carboxylic acids is 1. The average molecular weight is 564 g/mol. The zero-order valence-corrected chi connectivity index (χ0v) is 25.0. The third-order valence-electron chi connectivity index (χ3n) is 8.16. The average Bonchev–Trinajstić information content (AvgIpc) is 3.06. The second-order valence-electron chi connectivity index (χ2n) is 12.5. The van der Waals surface area contributed by atoms with E-state index >= 15 is 0 Å². The summed E-state index contributed by atoms with van der Waals surface area (Å²) in [6.45, 7) is 14.7. The first-order chi connectivity index (χ1) is 18.0. The third-order valence-corrected chi connectivity index (χ3v) is 12.6. The van der Waals surface area contributed by atoms with E-state index in [4.69, 9.17) is 9.41 Å². The van der Waals surface area contributed by atoms with Crippen molar-refractivity contribution in [1.29, 1.82) is 0 Å². The highest BCUT2D eigenvalue weighted by molar-refractivity contribution is 6.74. The largest absolute Gasteiger partial charge is 0.409 e. The first-order valence-electron chi connectivity index (χ1n) is 13.6. The normalized spacial score (nSPS) is 17.9. The van der Waals surface area contributed by atoms with E-state index in [-0.39, 0.29) is 29.2 Å². The fraction of sp³-hybridized carbons (Fsp3) is 0.607. The summed E-state index contributed by atoms with van der Waals surface area (Å²) < 4.78 is 46.0. The van der Waals surface area contributed by atoms with Crippen LogP contribution in [0.5, 0.6) is 0 Å². The number of benzene rings is 1. The number of nitrogens with one attached hydrogen (secondary N) is 1. The van der Waals surface area contributed by atoms with Gasteiger partial charge in [0.25, 0.3) is 0 Å². The van der Waals surface area contributed by atoms with Gasteiger partial charge >= 0.3 is 6.18 Å². The number of hydrogen-bond acceptors (Lipinski definition) is 6. The SMILES string of the molecule is CC1(C)C(=O)N(c2ccc(N3CCCCC3)cc2)c2nc(CO[Si](C)(C)C(C)(C)C)nc(NCC(F)(F)F)c21. The number of alkyl halides is 3. The van der Waals surface area contributed by atoms with E-state index in [1.54, 1.807) is 13.8 Å². The Hall–Kier alpha value is -2.66. The molecule has 0 spiro atoms. The predicted octanol–water partition coefficient (Wildman–Crippen LogP) is 6.92. The molecular formula is C28H40F3N5O2Si. The van der Waals surface area contributed by atoms with E-state index in [1.165, 1.54) is 11.3 Å². The molecule has 2 aromatic rings. The highest BCUT2D eigenvalue weighted by Gasteiger charge is 2.49. The van der Waals surface area contributed by atoms with Crippen LogP contribution in [0.2, 0.25) is 18.1 Å². The fourth-order valence-corrected chi connectivity index (χ4v) is 5.68. The van der Waals surface area contributed by atoms with Crippen LogP contribution < -0.4 is 15.1 Å². The number of aromatic nitrogens is 2. The predicted molar refractivity (Wildman–Crippen MR) is 151 cm³/mol. The summed E-state index contributed by atoms with van der Waals surface area (Å²) in [6.07, 6.45) is -0.919. The van der Waals surface area contributed by atoms with Crippen LogP contribution in [-0.4, -0.2) is 50.0 Å². The summed E-state index contributed by atoms with van der Waals surface area (Å²) in [7, 11) is -2.19. The van der Waals surface area contributed by atoms with Crippen molar-refractivity contribution in [1.82, 2.24) is 9.97 Å². The van der Waals surface area contributed by atoms with Crippen LogP contribution in [0.15, 0.2) is 24.3 Å². The first kappa shape index (κ1) is 29.3. The number of nitrogens with zero attached hydrogens (tertiary/aromatic N) is 4. The van der Waals surface area contributed by atoms with Crippen LogP contribution in [0.25, 0.3) is 0 Å². The van der Waals surface area contributed by atoms with Gasteiger partial charge in [-0.1, -0.05) is 20.8 Å². The Balaban J connectivity index is 1.75. The number of halogens is 3. The summed E-state index contributed by atoms with van der Waals surface area (Å²) in [6, 6.07) is 7.74. The molecule has 214 valence electrons. The molecule has 4 rings (SSSR count). The van der Waals surface area contributed by atoms with E-state index in [9.17, 15) is 18.0 Å². The molecule has 0 atom stereocenters. The maximum atomic E-state index is 13.8. The minimum Gasteiger partial charge on any atom is -0.409 e. The van der Waals surface area contributed by atoms with Crippen LogP contribution in [0.1, 0.15) is 65.3 Å². The van der Waals surface area contributed by atoms with Crippen LogP contribution in [0.3, 0.4) is 0 Å². The van der Waals surface area contributed by atoms with Gasteiger partial charge in [0.05, 0.1) is 23.3 Å². The van der Waals surface area contributed by atoms with Crippen molar-refractivity contribution in [3.8, 4) is 0 Å². The minimum absolute atomic E-state index is 0.0111. The molecule has 0 radical (unpaired) electrons. The lowest BCUT2D eigenvalue weighted by molar-refractivity contribution is -0.121. The second kappa shape index (κ2) is 10.4. The van der Waals surface area contributed by atoms with Gasteiger partial charge in [0.2, 0.25) is 5.91 Å². The number of piperidine rings is 1. The summed E-state index contributed by atoms with van der Waals surface area (Å²) in [5.41, 5.74) is 0.925. The molecule has 7 nitrogen and oxygen atoms in total. The number of anilines is 4. The molecule has 0 bridgehead atoms. The Morgan fingerprint density at radius 3 is 2.15 bits per heavy atom. The van der Waals surface area contributed by atoms with E-state index in [1.807, 2.05) is 24.3 Å². The van der Waals surface area contributed by atoms with Gasteiger partial charge in [0.1, 0.15) is 18.2 Å². The molecule has 3 heterocycles. The zero-order chi connectivity index (χ0) is 28.8. The van der Waals surface area contributed by atoms with Gasteiger partial charge in [-0.3, -0.25) is 9.69 Å². The highest BCUT2D eigenvalue weighted by Crippen LogP contribution is 2.48. The van der Waals surface area contributed by atoms with Crippen molar-refractivity contribution in [2.24, 2.45) is 0 Å². The quantitative estimate of drug-likeness (QED) is 0.369. The second-order valence-corrected chi connectivity index (χ2v) is 17.3. The lowest BCUT2D eigenvalue weighted by Gasteiger charge is -2.36. The summed E-state index contributed by atoms with van der Waals surface area (Å²) in [5.74, 6) is 0.278. The maximum absolute atomic E-state index is 13.8. The van der Waals surface area contributed by atoms with Crippen molar-refractivity contribution in [3.05, 3.63) is 35.7 Å². The molecule has 1 N–H and O–H groups in total. The van der Waals surface area contributed by atoms with Gasteiger partial charge in [0.15, 0.2) is 14.1 Å². The molecule has 1 fully saturated rings. The fourth-order valence-electron chi connectivity index (χ4n) is 4.76. The van der Waals surface area contributed by atoms with E-state index in [0.29, 0.717) is 17.1 Å². The van der Waals surface area contributed by atoms with Crippen molar-refractivity contribution >= 4 is 37.2 Å². The molecule has 1 aromatic heterocycles. The topological polar surface area (TPSA) is 70.6 Å². The maximum Gasteiger partial charge on any atom is 0.405 e. The van der Waals surface area contributed by atoms with Gasteiger partial charge in [0, 0.05) is 18.8 Å². The van der Waals surface area contributed by atoms with Gasteiger partial charge in [-0.05, 0) is 75.5 Å². The van der Waals surface area contributed by atoms with Crippen LogP contribution >= 0.6 is 0 Å². The molecule has 11 heteroatoms. The molecule has 1 saturated heterocycles. The molecule has 2 aliphatic rings. The third kappa shape index (κ3) is 6.08. The number of hydrogen-bond donors (Lipinski definition) is 1. The molecule has 39 heavy (non-hydrogen) atoms. The zero-order valence-electron chi connectivity index (χ0n) is 24.0. The molecule has 0 unspecified atom stereocenters. The van der Waals surface area contributed by atoms with E-state index < -0.39 is 26.5 Å². The Morgan fingerprint density at radius 2 is 1.59 bits per heavy atom. The van der Waals surface area contributed by atoms with Gasteiger partial charge in [-0.2, -0.15) is 13.2 Å². The molecule has 2 aliphatic heterocycles. The van der Waals surface area contributed by atoms with Crippen LogP contribution in [-0.2, 0) is 21.2 Å². The van der Waals surface area contributed by atoms with Gasteiger partial charge < -0.3 is 14.6 Å². The molecule has 1 amide bonds. The van der Waals surface area contributed by atoms with Crippen molar-refractivity contribution < 1.29 is 22.4 Å². The Kier molecular flexibility index (Phi) is 7.81. The van der Waals surface area contributed by atoms with Crippen molar-refractivity contribution in [2.45, 2.75) is 90.2 Å². The first-order valence-corrected chi connectivity index (χ1v) is 16.5. The van der Waals surface area contributed by atoms with Crippen molar-refractivity contribution in [2.75, 3.05) is 34.8 Å². The summed E-state index contributed by atoms with van der Waals surface area (Å²) in [4.78, 5) is 26.8. The molecule has 1 aromatic carbocycles. The highest BCUT2D eigenvalue weighted by atomic mass is 28.4. The number of amides is 1. The molecule has 0 saturated carbocycles. The van der Waals surface area contributed by atoms with Gasteiger partial charge in [-0.25, -0.2) is 9.97 Å². The van der Waals surface area contributed by atoms with Crippen LogP contribution in [0.4, 0.5) is 36.2 Å². The van der Waals surface area contributed by atoms with Crippen LogP contribution in [0, 0.1) is 0 Å². The van der Waals surface area contributed by atoms with E-state index in [2.05, 4.69) is 49.1 Å². The summed E-state index contributed by atoms with van der Waals surface area (Å²) >= 11 is 0.